The fraction of sp³-hybridized carbons (Fsp3) is 0.310. The van der Waals surface area contributed by atoms with E-state index >= 15 is 0 Å². The Balaban J connectivity index is 1.97. The lowest BCUT2D eigenvalue weighted by molar-refractivity contribution is -0.164. The van der Waals surface area contributed by atoms with Gasteiger partial charge in [-0.05, 0) is 44.0 Å². The van der Waals surface area contributed by atoms with Gasteiger partial charge >= 0.3 is 17.9 Å². The van der Waals surface area contributed by atoms with E-state index in [2.05, 4.69) is 0 Å². The molecule has 0 radical (unpaired) electrons. The summed E-state index contributed by atoms with van der Waals surface area (Å²) in [6, 6.07) is 11.2. The Morgan fingerprint density at radius 2 is 1.66 bits per heavy atom. The summed E-state index contributed by atoms with van der Waals surface area (Å²) in [6.07, 6.45) is 3.35. The van der Waals surface area contributed by atoms with Crippen molar-refractivity contribution in [2.45, 2.75) is 32.7 Å². The number of fused-ring (bicyclic) bond motifs is 7. The number of Topliss-reactive ketones (excluding diaryl/α,β-unsaturated/α-hetero) is 1. The zero-order valence-electron chi connectivity index (χ0n) is 21.5. The van der Waals surface area contributed by atoms with Crippen LogP contribution in [0.15, 0.2) is 59.9 Å². The van der Waals surface area contributed by atoms with E-state index in [-0.39, 0.29) is 36.0 Å². The Hall–Kier alpha value is -4.40. The Kier molecular flexibility index (Phi) is 6.30. The number of benzene rings is 2. The van der Waals surface area contributed by atoms with Gasteiger partial charge in [-0.2, -0.15) is 0 Å². The summed E-state index contributed by atoms with van der Waals surface area (Å²) in [4.78, 5) is 56.8. The monoisotopic (exact) mass is 517 g/mol. The highest BCUT2D eigenvalue weighted by Gasteiger charge is 2.68. The Morgan fingerprint density at radius 3 is 2.34 bits per heavy atom. The molecule has 0 saturated heterocycles. The topological polar surface area (TPSA) is 108 Å². The van der Waals surface area contributed by atoms with Crippen molar-refractivity contribution in [1.29, 1.82) is 0 Å². The maximum atomic E-state index is 14.2. The van der Waals surface area contributed by atoms with Gasteiger partial charge in [0.05, 0.1) is 31.9 Å². The first kappa shape index (κ1) is 25.3. The standard InChI is InChI=1S/C29H27NO8/c1-5-36-26(32)21-22-19-12-9-13-20(35-4)24(19)38-28(34)29(22,16(3)31)25-18-11-8-7-10-17(18)14-15-30(25)23(21)27(33)37-6-2/h7-15,22,25H,5-6H2,1-4H3/t22-,25+,29-/m1/s1. The molecule has 2 aromatic rings. The van der Waals surface area contributed by atoms with E-state index in [4.69, 9.17) is 18.9 Å². The summed E-state index contributed by atoms with van der Waals surface area (Å²) in [5, 5.41) is 0. The molecule has 3 aliphatic rings. The van der Waals surface area contributed by atoms with E-state index in [0.717, 1.165) is 5.56 Å². The maximum absolute atomic E-state index is 14.2. The fourth-order valence-electron chi connectivity index (χ4n) is 5.85. The molecule has 0 saturated carbocycles. The first-order valence-electron chi connectivity index (χ1n) is 12.4. The van der Waals surface area contributed by atoms with Crippen LogP contribution < -0.4 is 9.47 Å². The van der Waals surface area contributed by atoms with E-state index in [1.54, 1.807) is 56.5 Å². The molecule has 0 N–H and O–H groups in total. The SMILES string of the molecule is CCOC(=O)C1=C(C(=O)OCC)N2C=Cc3ccccc3[C@H]2[C@]2(C(C)=O)C(=O)Oc3c(OC)cccc3[C@H]12. The van der Waals surface area contributed by atoms with Crippen LogP contribution in [-0.4, -0.2) is 48.9 Å². The lowest BCUT2D eigenvalue weighted by Gasteiger charge is -2.54. The van der Waals surface area contributed by atoms with Crippen molar-refractivity contribution in [3.05, 3.63) is 76.6 Å². The van der Waals surface area contributed by atoms with Crippen LogP contribution in [0.25, 0.3) is 6.08 Å². The summed E-state index contributed by atoms with van der Waals surface area (Å²) in [5.74, 6) is -3.86. The van der Waals surface area contributed by atoms with E-state index in [0.29, 0.717) is 11.1 Å². The lowest BCUT2D eigenvalue weighted by atomic mass is 9.56. The van der Waals surface area contributed by atoms with Gasteiger partial charge in [0.15, 0.2) is 22.7 Å². The van der Waals surface area contributed by atoms with Crippen molar-refractivity contribution >= 4 is 29.8 Å². The van der Waals surface area contributed by atoms with Gasteiger partial charge in [-0.25, -0.2) is 9.59 Å². The zero-order chi connectivity index (χ0) is 27.2. The molecule has 196 valence electrons. The summed E-state index contributed by atoms with van der Waals surface area (Å²) < 4.78 is 22.1. The maximum Gasteiger partial charge on any atom is 0.355 e. The van der Waals surface area contributed by atoms with Crippen molar-refractivity contribution in [2.75, 3.05) is 20.3 Å². The number of esters is 3. The van der Waals surface area contributed by atoms with Crippen molar-refractivity contribution in [3.8, 4) is 11.5 Å². The predicted molar refractivity (Wildman–Crippen MR) is 135 cm³/mol. The normalized spacial score (nSPS) is 22.8. The molecule has 0 aliphatic carbocycles. The highest BCUT2D eigenvalue weighted by molar-refractivity contribution is 6.12. The summed E-state index contributed by atoms with van der Waals surface area (Å²) in [6.45, 7) is 4.65. The lowest BCUT2D eigenvalue weighted by Crippen LogP contribution is -2.61. The first-order chi connectivity index (χ1) is 18.3. The third kappa shape index (κ3) is 3.38. The largest absolute Gasteiger partial charge is 0.493 e. The van der Waals surface area contributed by atoms with Gasteiger partial charge in [-0.1, -0.05) is 36.4 Å². The average molecular weight is 518 g/mol. The molecular formula is C29H27NO8. The molecule has 3 heterocycles. The second-order valence-corrected chi connectivity index (χ2v) is 9.08. The molecule has 9 nitrogen and oxygen atoms in total. The number of ether oxygens (including phenoxy) is 4. The van der Waals surface area contributed by atoms with Crippen molar-refractivity contribution in [2.24, 2.45) is 5.41 Å². The molecule has 3 aliphatic heterocycles. The Morgan fingerprint density at radius 1 is 0.974 bits per heavy atom. The quantitative estimate of drug-likeness (QED) is 0.322. The number of carbonyl (C=O) groups excluding carboxylic acids is 4. The molecule has 9 heteroatoms. The third-order valence-electron chi connectivity index (χ3n) is 7.29. The highest BCUT2D eigenvalue weighted by atomic mass is 16.6. The minimum absolute atomic E-state index is 0.00967. The molecule has 3 atom stereocenters. The number of methoxy groups -OCH3 is 1. The van der Waals surface area contributed by atoms with Gasteiger partial charge in [0, 0.05) is 17.7 Å². The molecular weight excluding hydrogens is 490 g/mol. The molecule has 0 amide bonds. The van der Waals surface area contributed by atoms with E-state index in [1.165, 1.54) is 18.9 Å². The van der Waals surface area contributed by atoms with E-state index in [1.807, 2.05) is 12.1 Å². The fourth-order valence-corrected chi connectivity index (χ4v) is 5.85. The molecule has 0 fully saturated rings. The number of para-hydroxylation sites is 1. The molecule has 0 aromatic heterocycles. The van der Waals surface area contributed by atoms with Crippen molar-refractivity contribution in [1.82, 2.24) is 4.90 Å². The number of carbonyl (C=O) groups is 4. The zero-order valence-corrected chi connectivity index (χ0v) is 21.5. The number of nitrogens with zero attached hydrogens (tertiary/aromatic N) is 1. The number of rotatable bonds is 6. The molecule has 0 unspecified atom stereocenters. The minimum Gasteiger partial charge on any atom is -0.493 e. The van der Waals surface area contributed by atoms with Gasteiger partial charge in [0.25, 0.3) is 0 Å². The molecule has 0 bridgehead atoms. The van der Waals surface area contributed by atoms with Gasteiger partial charge in [0.1, 0.15) is 5.70 Å². The minimum atomic E-state index is -1.93. The third-order valence-corrected chi connectivity index (χ3v) is 7.29. The van der Waals surface area contributed by atoms with Crippen LogP contribution in [0, 0.1) is 5.41 Å². The van der Waals surface area contributed by atoms with Gasteiger partial charge in [-0.3, -0.25) is 9.59 Å². The molecule has 5 rings (SSSR count). The van der Waals surface area contributed by atoms with Crippen LogP contribution in [0.4, 0.5) is 0 Å². The molecule has 38 heavy (non-hydrogen) atoms. The van der Waals surface area contributed by atoms with Crippen LogP contribution in [0.1, 0.15) is 49.4 Å². The van der Waals surface area contributed by atoms with Crippen molar-refractivity contribution in [3.63, 3.8) is 0 Å². The number of hydrogen-bond donors (Lipinski definition) is 0. The highest BCUT2D eigenvalue weighted by Crippen LogP contribution is 2.63. The number of ketones is 1. The van der Waals surface area contributed by atoms with Crippen LogP contribution in [0.3, 0.4) is 0 Å². The van der Waals surface area contributed by atoms with Crippen molar-refractivity contribution < 1.29 is 38.1 Å². The second-order valence-electron chi connectivity index (χ2n) is 9.08. The smallest absolute Gasteiger partial charge is 0.355 e. The summed E-state index contributed by atoms with van der Waals surface area (Å²) in [5.41, 5.74) is -0.421. The van der Waals surface area contributed by atoms with Crippen LogP contribution in [0.5, 0.6) is 11.5 Å². The van der Waals surface area contributed by atoms with Gasteiger partial charge in [0.2, 0.25) is 0 Å². The van der Waals surface area contributed by atoms with E-state index < -0.39 is 41.1 Å². The first-order valence-corrected chi connectivity index (χ1v) is 12.4. The average Bonchev–Trinajstić information content (AvgIpc) is 2.91. The Bertz CT molecular complexity index is 1420. The number of hydrogen-bond acceptors (Lipinski definition) is 9. The van der Waals surface area contributed by atoms with E-state index in [9.17, 15) is 19.2 Å². The molecule has 2 aromatic carbocycles. The predicted octanol–water partition coefficient (Wildman–Crippen LogP) is 3.69. The van der Waals surface area contributed by atoms with Gasteiger partial charge < -0.3 is 23.8 Å². The van der Waals surface area contributed by atoms with Crippen LogP contribution in [0.2, 0.25) is 0 Å². The molecule has 0 spiro atoms. The second kappa shape index (κ2) is 9.48. The Labute approximate surface area is 219 Å². The van der Waals surface area contributed by atoms with Gasteiger partial charge in [-0.15, -0.1) is 0 Å². The van der Waals surface area contributed by atoms with Crippen LogP contribution >= 0.6 is 0 Å². The summed E-state index contributed by atoms with van der Waals surface area (Å²) in [7, 11) is 1.42. The van der Waals surface area contributed by atoms with Crippen LogP contribution in [-0.2, 0) is 28.7 Å². The summed E-state index contributed by atoms with van der Waals surface area (Å²) >= 11 is 0.